The fourth-order valence-corrected chi connectivity index (χ4v) is 5.88. The average Bonchev–Trinajstić information content (AvgIpc) is 3.64. The molecule has 2 N–H and O–H groups in total. The Morgan fingerprint density at radius 3 is 2.88 bits per heavy atom. The molecule has 1 aromatic carbocycles. The molecule has 4 aromatic rings. The van der Waals surface area contributed by atoms with Crippen molar-refractivity contribution in [2.45, 2.75) is 12.5 Å². The third-order valence-corrected chi connectivity index (χ3v) is 7.80. The van der Waals surface area contributed by atoms with Crippen molar-refractivity contribution in [3.8, 4) is 17.0 Å². The van der Waals surface area contributed by atoms with Crippen LogP contribution in [0.2, 0.25) is 5.02 Å². The van der Waals surface area contributed by atoms with Crippen LogP contribution in [0.25, 0.3) is 16.8 Å². The van der Waals surface area contributed by atoms with Gasteiger partial charge in [-0.3, -0.25) is 4.79 Å². The van der Waals surface area contributed by atoms with Crippen molar-refractivity contribution in [1.29, 1.82) is 0 Å². The lowest BCUT2D eigenvalue weighted by molar-refractivity contribution is -0.114. The standard InChI is InChI=1S/C28H28ClFN8O2/c1-16(30)27(39)33-20-10-21(25(40-3)11-23(20)37-9-7-17-14-36(2)15-24(17)37)34-28-31-13-19(29)26(35-28)18-12-32-38-8-5-4-6-22(18)38/h4-6,8,10-13,17,24H,1,7,9,14-15H2,2-3H3,(H,33,39)(H,31,34,35)/t17-,24+/m1/s1. The number of hydrogen-bond donors (Lipinski definition) is 2. The summed E-state index contributed by atoms with van der Waals surface area (Å²) in [6, 6.07) is 9.56. The number of likely N-dealkylation sites (N-methyl/N-ethyl adjacent to an activating group) is 1. The highest BCUT2D eigenvalue weighted by Crippen LogP contribution is 2.43. The molecule has 0 radical (unpaired) electrons. The number of amides is 1. The highest BCUT2D eigenvalue weighted by molar-refractivity contribution is 6.33. The molecule has 10 nitrogen and oxygen atoms in total. The molecule has 0 saturated carbocycles. The van der Waals surface area contributed by atoms with Crippen LogP contribution in [-0.2, 0) is 4.79 Å². The molecule has 206 valence electrons. The highest BCUT2D eigenvalue weighted by atomic mass is 35.5. The second kappa shape index (κ2) is 10.4. The van der Waals surface area contributed by atoms with Crippen LogP contribution in [0.5, 0.6) is 5.75 Å². The van der Waals surface area contributed by atoms with Gasteiger partial charge in [0, 0.05) is 43.5 Å². The van der Waals surface area contributed by atoms with Gasteiger partial charge in [-0.15, -0.1) is 0 Å². The van der Waals surface area contributed by atoms with Gasteiger partial charge in [0.05, 0.1) is 52.8 Å². The third kappa shape index (κ3) is 4.71. The van der Waals surface area contributed by atoms with E-state index in [9.17, 15) is 9.18 Å². The number of likely N-dealkylation sites (tertiary alicyclic amines) is 1. The van der Waals surface area contributed by atoms with Crippen LogP contribution in [0.3, 0.4) is 0 Å². The predicted molar refractivity (Wildman–Crippen MR) is 153 cm³/mol. The molecule has 3 aromatic heterocycles. The number of nitrogens with zero attached hydrogens (tertiary/aromatic N) is 6. The SMILES string of the molecule is C=C(F)C(=O)Nc1cc(Nc2ncc(Cl)c(-c3cnn4ccccc34)n2)c(OC)cc1N1CC[C@@H]2CN(C)C[C@@H]21. The second-order valence-electron chi connectivity index (χ2n) is 10.1. The molecule has 2 aliphatic heterocycles. The first-order chi connectivity index (χ1) is 19.3. The van der Waals surface area contributed by atoms with E-state index in [2.05, 4.69) is 49.1 Å². The van der Waals surface area contributed by atoms with Crippen LogP contribution >= 0.6 is 11.6 Å². The van der Waals surface area contributed by atoms with Gasteiger partial charge in [0.15, 0.2) is 5.83 Å². The topological polar surface area (TPSA) is 99.9 Å². The van der Waals surface area contributed by atoms with Gasteiger partial charge in [0.25, 0.3) is 5.91 Å². The summed E-state index contributed by atoms with van der Waals surface area (Å²) in [5.74, 6) is -0.691. The number of fused-ring (bicyclic) bond motifs is 2. The summed E-state index contributed by atoms with van der Waals surface area (Å²) in [5.41, 5.74) is 3.76. The maximum Gasteiger partial charge on any atom is 0.283 e. The Kier molecular flexibility index (Phi) is 6.77. The van der Waals surface area contributed by atoms with E-state index < -0.39 is 11.7 Å². The van der Waals surface area contributed by atoms with Gasteiger partial charge in [-0.05, 0) is 37.6 Å². The molecular weight excluding hydrogens is 535 g/mol. The molecule has 12 heteroatoms. The predicted octanol–water partition coefficient (Wildman–Crippen LogP) is 4.76. The third-order valence-electron chi connectivity index (χ3n) is 7.52. The Morgan fingerprint density at radius 2 is 2.08 bits per heavy atom. The molecule has 2 atom stereocenters. The number of ether oxygens (including phenoxy) is 1. The zero-order valence-electron chi connectivity index (χ0n) is 22.1. The second-order valence-corrected chi connectivity index (χ2v) is 10.5. The zero-order chi connectivity index (χ0) is 28.0. The maximum absolute atomic E-state index is 13.8. The number of carbonyl (C=O) groups excluding carboxylic acids is 1. The number of aromatic nitrogens is 4. The molecule has 2 saturated heterocycles. The summed E-state index contributed by atoms with van der Waals surface area (Å²) in [7, 11) is 3.67. The lowest BCUT2D eigenvalue weighted by Crippen LogP contribution is -2.35. The Hall–Kier alpha value is -4.22. The van der Waals surface area contributed by atoms with Crippen molar-refractivity contribution in [2.24, 2.45) is 5.92 Å². The first-order valence-electron chi connectivity index (χ1n) is 12.9. The Bertz CT molecular complexity index is 1630. The summed E-state index contributed by atoms with van der Waals surface area (Å²) in [6.07, 6.45) is 6.08. The number of nitrogens with one attached hydrogen (secondary N) is 2. The number of carbonyl (C=O) groups is 1. The fourth-order valence-electron chi connectivity index (χ4n) is 5.69. The summed E-state index contributed by atoms with van der Waals surface area (Å²) in [5, 5.41) is 10.6. The number of anilines is 4. The molecule has 0 spiro atoms. The van der Waals surface area contributed by atoms with Gasteiger partial charge in [0.2, 0.25) is 5.95 Å². The molecular formula is C28H28ClFN8O2. The van der Waals surface area contributed by atoms with E-state index in [0.717, 1.165) is 42.8 Å². The summed E-state index contributed by atoms with van der Waals surface area (Å²) >= 11 is 6.49. The number of hydrogen-bond acceptors (Lipinski definition) is 8. The van der Waals surface area contributed by atoms with Crippen molar-refractivity contribution in [3.05, 3.63) is 66.4 Å². The summed E-state index contributed by atoms with van der Waals surface area (Å²) in [6.45, 7) is 5.89. The smallest absolute Gasteiger partial charge is 0.283 e. The fraction of sp³-hybridized carbons (Fsp3) is 0.286. The molecule has 40 heavy (non-hydrogen) atoms. The zero-order valence-corrected chi connectivity index (χ0v) is 22.8. The van der Waals surface area contributed by atoms with Gasteiger partial charge >= 0.3 is 0 Å². The van der Waals surface area contributed by atoms with E-state index in [4.69, 9.17) is 16.3 Å². The lowest BCUT2D eigenvalue weighted by atomic mass is 10.0. The van der Waals surface area contributed by atoms with Crippen molar-refractivity contribution in [1.82, 2.24) is 24.5 Å². The Labute approximate surface area is 235 Å². The Balaban J connectivity index is 1.39. The highest BCUT2D eigenvalue weighted by Gasteiger charge is 2.41. The van der Waals surface area contributed by atoms with Gasteiger partial charge < -0.3 is 25.2 Å². The van der Waals surface area contributed by atoms with Gasteiger partial charge in [-0.2, -0.15) is 5.10 Å². The van der Waals surface area contributed by atoms with Crippen molar-refractivity contribution in [2.75, 3.05) is 49.3 Å². The van der Waals surface area contributed by atoms with E-state index in [1.54, 1.807) is 23.9 Å². The number of halogens is 2. The van der Waals surface area contributed by atoms with E-state index >= 15 is 0 Å². The van der Waals surface area contributed by atoms with E-state index in [1.165, 1.54) is 6.20 Å². The van der Waals surface area contributed by atoms with Crippen molar-refractivity contribution >= 4 is 46.0 Å². The quantitative estimate of drug-likeness (QED) is 0.311. The van der Waals surface area contributed by atoms with Gasteiger partial charge in [-0.1, -0.05) is 24.2 Å². The first kappa shape index (κ1) is 26.0. The van der Waals surface area contributed by atoms with Crippen LogP contribution in [0.1, 0.15) is 6.42 Å². The van der Waals surface area contributed by atoms with Crippen LogP contribution < -0.4 is 20.3 Å². The van der Waals surface area contributed by atoms with E-state index in [0.29, 0.717) is 33.8 Å². The maximum atomic E-state index is 13.8. The van der Waals surface area contributed by atoms with E-state index in [1.807, 2.05) is 30.5 Å². The van der Waals surface area contributed by atoms with Crippen LogP contribution in [-0.4, -0.2) is 70.2 Å². The monoisotopic (exact) mass is 562 g/mol. The number of methoxy groups -OCH3 is 1. The molecule has 6 rings (SSSR count). The van der Waals surface area contributed by atoms with Crippen LogP contribution in [0, 0.1) is 5.92 Å². The molecule has 5 heterocycles. The molecule has 0 aliphatic carbocycles. The minimum Gasteiger partial charge on any atom is -0.494 e. The summed E-state index contributed by atoms with van der Waals surface area (Å²) < 4.78 is 21.3. The first-order valence-corrected chi connectivity index (χ1v) is 13.3. The lowest BCUT2D eigenvalue weighted by Gasteiger charge is -2.29. The summed E-state index contributed by atoms with van der Waals surface area (Å²) in [4.78, 5) is 26.0. The molecule has 0 unspecified atom stereocenters. The molecule has 2 aliphatic rings. The molecule has 2 fully saturated rings. The van der Waals surface area contributed by atoms with Crippen LogP contribution in [0.15, 0.2) is 61.3 Å². The molecule has 0 bridgehead atoms. The minimum atomic E-state index is -1.07. The largest absolute Gasteiger partial charge is 0.494 e. The van der Waals surface area contributed by atoms with Crippen molar-refractivity contribution in [3.63, 3.8) is 0 Å². The van der Waals surface area contributed by atoms with Gasteiger partial charge in [-0.25, -0.2) is 18.9 Å². The van der Waals surface area contributed by atoms with E-state index in [-0.39, 0.29) is 12.0 Å². The Morgan fingerprint density at radius 1 is 1.23 bits per heavy atom. The normalized spacial score (nSPS) is 18.6. The number of rotatable bonds is 7. The minimum absolute atomic E-state index is 0.256. The number of pyridine rings is 1. The van der Waals surface area contributed by atoms with Crippen LogP contribution in [0.4, 0.5) is 27.4 Å². The van der Waals surface area contributed by atoms with Gasteiger partial charge in [0.1, 0.15) is 5.75 Å². The number of benzene rings is 1. The van der Waals surface area contributed by atoms with Crippen molar-refractivity contribution < 1.29 is 13.9 Å². The molecule has 1 amide bonds. The average molecular weight is 563 g/mol.